The molecular formula is C42H37N7O5S. The lowest BCUT2D eigenvalue weighted by Crippen LogP contribution is -2.38. The molecule has 5 aromatic carbocycles. The van der Waals surface area contributed by atoms with Crippen LogP contribution in [0.3, 0.4) is 0 Å². The normalized spacial score (nSPS) is 18.3. The van der Waals surface area contributed by atoms with E-state index in [4.69, 9.17) is 9.47 Å². The van der Waals surface area contributed by atoms with Crippen LogP contribution in [0.2, 0.25) is 0 Å². The number of phenols is 1. The Hall–Kier alpha value is -5.99. The highest BCUT2D eigenvalue weighted by Gasteiger charge is 2.38. The van der Waals surface area contributed by atoms with E-state index in [1.807, 2.05) is 97.1 Å². The van der Waals surface area contributed by atoms with Gasteiger partial charge in [0.15, 0.2) is 6.29 Å². The average Bonchev–Trinajstić information content (AvgIpc) is 3.71. The fourth-order valence-electron chi connectivity index (χ4n) is 6.60. The smallest absolute Gasteiger partial charge is 0.271 e. The number of amides is 1. The van der Waals surface area contributed by atoms with Crippen molar-refractivity contribution in [3.05, 3.63) is 155 Å². The largest absolute Gasteiger partial charge is 0.508 e. The number of hydrogen-bond acceptors (Lipinski definition) is 11. The van der Waals surface area contributed by atoms with Gasteiger partial charge in [-0.15, -0.1) is 5.10 Å². The summed E-state index contributed by atoms with van der Waals surface area (Å²) in [7, 11) is 0. The minimum Gasteiger partial charge on any atom is -0.508 e. The monoisotopic (exact) mass is 751 g/mol. The lowest BCUT2D eigenvalue weighted by Gasteiger charge is -2.41. The van der Waals surface area contributed by atoms with Crippen LogP contribution in [-0.2, 0) is 22.6 Å². The summed E-state index contributed by atoms with van der Waals surface area (Å²) < 4.78 is 15.0. The number of carbonyl (C=O) groups excluding carboxylic acids is 1. The summed E-state index contributed by atoms with van der Waals surface area (Å²) in [6.07, 6.45) is 0.301. The maximum absolute atomic E-state index is 13.1. The summed E-state index contributed by atoms with van der Waals surface area (Å²) in [5.74, 6) is 0.374. The van der Waals surface area contributed by atoms with Crippen molar-refractivity contribution in [2.24, 2.45) is 5.92 Å². The molecule has 55 heavy (non-hydrogen) atoms. The molecule has 4 unspecified atom stereocenters. The molecule has 1 aliphatic heterocycles. The van der Waals surface area contributed by atoms with Crippen molar-refractivity contribution in [1.29, 1.82) is 0 Å². The quantitative estimate of drug-likeness (QED) is 0.117. The first-order valence-corrected chi connectivity index (χ1v) is 18.8. The van der Waals surface area contributed by atoms with E-state index >= 15 is 0 Å². The SMILES string of the molecule is CC1C(CSc2nnnn2-c2ccc(O)cc2)OC(c2ccc(-c3ccccc3CNC(=O)c3cnc4ccccc4n3)cc2)OC1c1ccc(CO)cc1. The van der Waals surface area contributed by atoms with E-state index in [0.717, 1.165) is 44.6 Å². The van der Waals surface area contributed by atoms with Gasteiger partial charge in [0.25, 0.3) is 5.91 Å². The standard InChI is InChI=1S/C42H37N7O5S/c1-26-38(25-55-42-46-47-48-49(42)32-18-20-33(51)21-19-32)53-41(54-39(26)29-12-10-27(24-50)11-13-29)30-16-14-28(15-17-30)34-7-3-2-6-31(34)22-44-40(52)37-23-43-35-8-4-5-9-36(35)45-37/h2-21,23,26,38-39,41,50-51H,22,24-25H2,1H3,(H,44,52). The van der Waals surface area contributed by atoms with E-state index in [1.165, 1.54) is 18.0 Å². The maximum Gasteiger partial charge on any atom is 0.271 e. The highest BCUT2D eigenvalue weighted by atomic mass is 32.2. The number of phenolic OH excluding ortho intramolecular Hbond substituents is 1. The Bertz CT molecular complexity index is 2410. The van der Waals surface area contributed by atoms with E-state index in [0.29, 0.717) is 23.0 Å². The predicted octanol–water partition coefficient (Wildman–Crippen LogP) is 6.98. The van der Waals surface area contributed by atoms with Gasteiger partial charge in [0.2, 0.25) is 5.16 Å². The first-order valence-electron chi connectivity index (χ1n) is 17.8. The van der Waals surface area contributed by atoms with Gasteiger partial charge in [0.05, 0.1) is 41.7 Å². The fraction of sp³-hybridized carbons (Fsp3) is 0.190. The molecule has 2 aromatic heterocycles. The number of rotatable bonds is 11. The number of aliphatic hydroxyl groups is 1. The van der Waals surface area contributed by atoms with Crippen molar-refractivity contribution in [3.63, 3.8) is 0 Å². The number of ether oxygens (including phenoxy) is 2. The number of nitrogens with one attached hydrogen (secondary N) is 1. The molecule has 1 aliphatic rings. The van der Waals surface area contributed by atoms with Gasteiger partial charge >= 0.3 is 0 Å². The number of nitrogens with zero attached hydrogens (tertiary/aromatic N) is 6. The molecule has 8 rings (SSSR count). The summed E-state index contributed by atoms with van der Waals surface area (Å²) in [4.78, 5) is 21.9. The van der Waals surface area contributed by atoms with Crippen LogP contribution in [0.4, 0.5) is 0 Å². The Balaban J connectivity index is 1.00. The number of tetrazole rings is 1. The van der Waals surface area contributed by atoms with Crippen molar-refractivity contribution in [2.75, 3.05) is 5.75 Å². The Morgan fingerprint density at radius 1 is 0.855 bits per heavy atom. The predicted molar refractivity (Wildman–Crippen MR) is 207 cm³/mol. The lowest BCUT2D eigenvalue weighted by molar-refractivity contribution is -0.268. The first-order chi connectivity index (χ1) is 26.9. The number of para-hydroxylation sites is 2. The van der Waals surface area contributed by atoms with Gasteiger partial charge < -0.3 is 25.0 Å². The zero-order valence-electron chi connectivity index (χ0n) is 29.8. The minimum atomic E-state index is -0.663. The molecule has 0 saturated carbocycles. The van der Waals surface area contributed by atoms with Crippen molar-refractivity contribution >= 4 is 28.7 Å². The van der Waals surface area contributed by atoms with E-state index in [2.05, 4.69) is 37.7 Å². The van der Waals surface area contributed by atoms with E-state index in [-0.39, 0.29) is 42.1 Å². The zero-order chi connectivity index (χ0) is 37.7. The summed E-state index contributed by atoms with van der Waals surface area (Å²) in [5, 5.41) is 35.3. The highest BCUT2D eigenvalue weighted by Crippen LogP contribution is 2.43. The second-order valence-corrected chi connectivity index (χ2v) is 14.2. The Morgan fingerprint density at radius 3 is 2.36 bits per heavy atom. The van der Waals surface area contributed by atoms with Gasteiger partial charge in [-0.25, -0.2) is 4.98 Å². The molecule has 1 fully saturated rings. The average molecular weight is 752 g/mol. The Labute approximate surface area is 321 Å². The highest BCUT2D eigenvalue weighted by molar-refractivity contribution is 7.99. The molecule has 276 valence electrons. The third-order valence-corrected chi connectivity index (χ3v) is 10.7. The molecule has 0 spiro atoms. The third-order valence-electron chi connectivity index (χ3n) is 9.67. The second-order valence-electron chi connectivity index (χ2n) is 13.2. The summed E-state index contributed by atoms with van der Waals surface area (Å²) in [6, 6.07) is 38.0. The van der Waals surface area contributed by atoms with Gasteiger partial charge in [-0.1, -0.05) is 104 Å². The number of aromatic nitrogens is 6. The number of thioether (sulfide) groups is 1. The molecule has 4 atom stereocenters. The molecule has 3 N–H and O–H groups in total. The Kier molecular flexibility index (Phi) is 10.6. The number of benzene rings is 5. The van der Waals surface area contributed by atoms with Crippen LogP contribution in [0.25, 0.3) is 27.8 Å². The van der Waals surface area contributed by atoms with Gasteiger partial charge in [-0.3, -0.25) is 9.78 Å². The second kappa shape index (κ2) is 16.2. The van der Waals surface area contributed by atoms with E-state index < -0.39 is 6.29 Å². The molecule has 1 saturated heterocycles. The number of aliphatic hydroxyl groups excluding tert-OH is 1. The Morgan fingerprint density at radius 2 is 1.58 bits per heavy atom. The first kappa shape index (κ1) is 36.0. The number of hydrogen-bond donors (Lipinski definition) is 3. The summed E-state index contributed by atoms with van der Waals surface area (Å²) in [5.41, 5.74) is 7.99. The molecule has 7 aromatic rings. The number of carbonyl (C=O) groups is 1. The van der Waals surface area contributed by atoms with Crippen molar-refractivity contribution in [2.45, 2.75) is 43.7 Å². The van der Waals surface area contributed by atoms with Crippen molar-refractivity contribution in [1.82, 2.24) is 35.5 Å². The molecule has 0 bridgehead atoms. The van der Waals surface area contributed by atoms with Crippen molar-refractivity contribution in [3.8, 4) is 22.6 Å². The van der Waals surface area contributed by atoms with Gasteiger partial charge in [0.1, 0.15) is 11.4 Å². The molecule has 3 heterocycles. The van der Waals surface area contributed by atoms with Crippen LogP contribution in [-0.4, -0.2) is 58.2 Å². The number of aromatic hydroxyl groups is 1. The molecule has 13 heteroatoms. The molecule has 0 radical (unpaired) electrons. The van der Waals surface area contributed by atoms with Crippen LogP contribution >= 0.6 is 11.8 Å². The van der Waals surface area contributed by atoms with Crippen LogP contribution < -0.4 is 5.32 Å². The maximum atomic E-state index is 13.1. The van der Waals surface area contributed by atoms with Gasteiger partial charge in [0, 0.05) is 23.8 Å². The van der Waals surface area contributed by atoms with Gasteiger partial charge in [-0.05, 0) is 74.6 Å². The van der Waals surface area contributed by atoms with Crippen LogP contribution in [0.5, 0.6) is 5.75 Å². The lowest BCUT2D eigenvalue weighted by atomic mass is 9.91. The molecule has 0 aliphatic carbocycles. The minimum absolute atomic E-state index is 0.0383. The number of fused-ring (bicyclic) bond motifs is 1. The van der Waals surface area contributed by atoms with E-state index in [9.17, 15) is 15.0 Å². The van der Waals surface area contributed by atoms with Crippen molar-refractivity contribution < 1.29 is 24.5 Å². The zero-order valence-corrected chi connectivity index (χ0v) is 30.6. The van der Waals surface area contributed by atoms with E-state index in [1.54, 1.807) is 28.9 Å². The molecule has 1 amide bonds. The van der Waals surface area contributed by atoms with Crippen LogP contribution in [0.15, 0.2) is 133 Å². The van der Waals surface area contributed by atoms with Crippen LogP contribution in [0, 0.1) is 5.92 Å². The molecular weight excluding hydrogens is 715 g/mol. The van der Waals surface area contributed by atoms with Gasteiger partial charge in [-0.2, -0.15) is 4.68 Å². The third kappa shape index (κ3) is 7.96. The summed E-state index contributed by atoms with van der Waals surface area (Å²) >= 11 is 1.48. The van der Waals surface area contributed by atoms with Crippen LogP contribution in [0.1, 0.15) is 52.1 Å². The fourth-order valence-corrected chi connectivity index (χ4v) is 7.65. The summed E-state index contributed by atoms with van der Waals surface area (Å²) in [6.45, 7) is 2.38. The topological polar surface area (TPSA) is 157 Å². The molecule has 12 nitrogen and oxygen atoms in total.